The van der Waals surface area contributed by atoms with Gasteiger partial charge in [-0.3, -0.25) is 0 Å². The molecule has 14 heteroatoms. The minimum absolute atomic E-state index is 0.543. The standard InChI is InChI=1S/C18H23S.C4HF9O3S/c1-2-3-6-15-7-8-17-14-18(10-9-16(17)13-15)19-11-4-5-12-19;5-1(6,3(9,10)11)2(7,8)4(12,13)17(14,15)16/h7-10,13-14H,2-6,11-12H2,1H3;(H,14,15,16)/q+1;/p-1. The highest BCUT2D eigenvalue weighted by molar-refractivity contribution is 7.97. The summed E-state index contributed by atoms with van der Waals surface area (Å²) in [5.41, 5.74) is 1.49. The number of unbranched alkanes of at least 4 members (excludes halogenated alkanes) is 1. The molecule has 0 radical (unpaired) electrons. The largest absolute Gasteiger partial charge is 0.743 e. The van der Waals surface area contributed by atoms with Gasteiger partial charge in [-0.2, -0.15) is 39.5 Å². The molecule has 0 N–H and O–H groups in total. The van der Waals surface area contributed by atoms with E-state index in [0.717, 1.165) is 0 Å². The first-order chi connectivity index (χ1) is 16.4. The monoisotopic (exact) mass is 570 g/mol. The third-order valence-corrected chi connectivity index (χ3v) is 8.86. The molecule has 3 rings (SSSR count). The molecule has 1 aliphatic rings. The molecule has 1 aliphatic heterocycles. The van der Waals surface area contributed by atoms with Crippen LogP contribution in [0.15, 0.2) is 41.3 Å². The van der Waals surface area contributed by atoms with E-state index >= 15 is 0 Å². The summed E-state index contributed by atoms with van der Waals surface area (Å²) >= 11 is 0. The maximum Gasteiger partial charge on any atom is 0.460 e. The van der Waals surface area contributed by atoms with Crippen molar-refractivity contribution >= 4 is 31.8 Å². The number of fused-ring (bicyclic) bond motifs is 1. The van der Waals surface area contributed by atoms with Crippen molar-refractivity contribution in [2.75, 3.05) is 11.5 Å². The summed E-state index contributed by atoms with van der Waals surface area (Å²) in [6.45, 7) is 2.26. The van der Waals surface area contributed by atoms with Crippen molar-refractivity contribution in [3.05, 3.63) is 42.0 Å². The molecule has 0 spiro atoms. The Balaban J connectivity index is 0.000000256. The molecule has 0 amide bonds. The number of rotatable bonds is 7. The zero-order valence-corrected chi connectivity index (χ0v) is 20.5. The number of aryl methyl sites for hydroxylation is 1. The van der Waals surface area contributed by atoms with Gasteiger partial charge in [0.1, 0.15) is 11.5 Å². The lowest BCUT2D eigenvalue weighted by atomic mass is 10.0. The van der Waals surface area contributed by atoms with Gasteiger partial charge in [-0.1, -0.05) is 31.5 Å². The highest BCUT2D eigenvalue weighted by Gasteiger charge is 2.83. The van der Waals surface area contributed by atoms with Crippen LogP contribution in [-0.4, -0.2) is 47.8 Å². The molecule has 36 heavy (non-hydrogen) atoms. The van der Waals surface area contributed by atoms with Crippen LogP contribution in [0.4, 0.5) is 39.5 Å². The molecule has 0 aliphatic carbocycles. The Hall–Kier alpha value is -1.67. The van der Waals surface area contributed by atoms with Crippen LogP contribution in [-0.2, 0) is 27.4 Å². The molecule has 0 bridgehead atoms. The smallest absolute Gasteiger partial charge is 0.460 e. The van der Waals surface area contributed by atoms with Crippen molar-refractivity contribution in [2.24, 2.45) is 0 Å². The molecule has 2 aromatic rings. The minimum Gasteiger partial charge on any atom is -0.743 e. The van der Waals surface area contributed by atoms with E-state index in [1.54, 1.807) is 4.90 Å². The van der Waals surface area contributed by atoms with Crippen LogP contribution in [0.25, 0.3) is 10.8 Å². The Morgan fingerprint density at radius 2 is 1.36 bits per heavy atom. The summed E-state index contributed by atoms with van der Waals surface area (Å²) in [6, 6.07) is 14.2. The van der Waals surface area contributed by atoms with Gasteiger partial charge in [0, 0.05) is 17.0 Å². The van der Waals surface area contributed by atoms with Crippen molar-refractivity contribution in [3.63, 3.8) is 0 Å². The Bertz CT molecular complexity index is 1140. The highest BCUT2D eigenvalue weighted by Crippen LogP contribution is 2.54. The fourth-order valence-corrected chi connectivity index (χ4v) is 6.17. The Kier molecular flexibility index (Phi) is 9.32. The van der Waals surface area contributed by atoms with Gasteiger partial charge in [0.2, 0.25) is 0 Å². The molecule has 204 valence electrons. The topological polar surface area (TPSA) is 57.2 Å². The van der Waals surface area contributed by atoms with Crippen LogP contribution in [0.5, 0.6) is 0 Å². The molecule has 1 heterocycles. The van der Waals surface area contributed by atoms with Gasteiger partial charge in [0.15, 0.2) is 15.0 Å². The van der Waals surface area contributed by atoms with E-state index in [2.05, 4.69) is 43.3 Å². The van der Waals surface area contributed by atoms with Crippen molar-refractivity contribution < 1.29 is 52.5 Å². The van der Waals surface area contributed by atoms with E-state index < -0.39 is 33.4 Å². The summed E-state index contributed by atoms with van der Waals surface area (Å²) in [6.07, 6.45) is -0.510. The molecular formula is C22H23F9O3S2. The second-order valence-corrected chi connectivity index (χ2v) is 11.9. The lowest BCUT2D eigenvalue weighted by Gasteiger charge is -2.34. The van der Waals surface area contributed by atoms with E-state index in [9.17, 15) is 52.5 Å². The summed E-state index contributed by atoms with van der Waals surface area (Å²) in [5, 5.41) is -4.27. The summed E-state index contributed by atoms with van der Waals surface area (Å²) < 4.78 is 135. The number of hydrogen-bond acceptors (Lipinski definition) is 3. The van der Waals surface area contributed by atoms with Crippen LogP contribution in [0, 0.1) is 0 Å². The van der Waals surface area contributed by atoms with Crippen LogP contribution in [0.1, 0.15) is 38.2 Å². The minimum atomic E-state index is -7.43. The van der Waals surface area contributed by atoms with Gasteiger partial charge in [-0.15, -0.1) is 0 Å². The van der Waals surface area contributed by atoms with Crippen LogP contribution < -0.4 is 0 Å². The Morgan fingerprint density at radius 3 is 1.86 bits per heavy atom. The Labute approximate surface area is 205 Å². The lowest BCUT2D eigenvalue weighted by Crippen LogP contribution is -2.63. The fraction of sp³-hybridized carbons (Fsp3) is 0.545. The van der Waals surface area contributed by atoms with E-state index in [1.165, 1.54) is 59.9 Å². The molecule has 0 unspecified atom stereocenters. The average Bonchev–Trinajstić information content (AvgIpc) is 3.31. The second kappa shape index (κ2) is 11.0. The summed E-state index contributed by atoms with van der Waals surface area (Å²) in [7, 11) is -6.87. The van der Waals surface area contributed by atoms with Gasteiger partial charge >= 0.3 is 23.3 Å². The zero-order valence-electron chi connectivity index (χ0n) is 18.9. The Morgan fingerprint density at radius 1 is 0.833 bits per heavy atom. The lowest BCUT2D eigenvalue weighted by molar-refractivity contribution is -0.382. The van der Waals surface area contributed by atoms with Gasteiger partial charge in [-0.05, 0) is 54.2 Å². The van der Waals surface area contributed by atoms with Gasteiger partial charge in [0.25, 0.3) is 0 Å². The molecule has 1 fully saturated rings. The zero-order chi connectivity index (χ0) is 27.6. The first-order valence-electron chi connectivity index (χ1n) is 10.7. The predicted molar refractivity (Wildman–Crippen MR) is 118 cm³/mol. The molecule has 2 aromatic carbocycles. The van der Waals surface area contributed by atoms with Crippen molar-refractivity contribution in [1.82, 2.24) is 0 Å². The molecule has 0 saturated carbocycles. The van der Waals surface area contributed by atoms with Crippen molar-refractivity contribution in [2.45, 2.75) is 67.2 Å². The normalized spacial score (nSPS) is 16.2. The molecule has 0 atom stereocenters. The number of hydrogen-bond donors (Lipinski definition) is 0. The van der Waals surface area contributed by atoms with E-state index in [0.29, 0.717) is 10.9 Å². The third-order valence-electron chi connectivity index (χ3n) is 5.49. The molecular weight excluding hydrogens is 547 g/mol. The highest BCUT2D eigenvalue weighted by atomic mass is 32.2. The van der Waals surface area contributed by atoms with Gasteiger partial charge < -0.3 is 4.55 Å². The molecule has 3 nitrogen and oxygen atoms in total. The van der Waals surface area contributed by atoms with Crippen molar-refractivity contribution in [1.29, 1.82) is 0 Å². The maximum absolute atomic E-state index is 12.2. The average molecular weight is 571 g/mol. The van der Waals surface area contributed by atoms with Crippen molar-refractivity contribution in [3.8, 4) is 0 Å². The fourth-order valence-electron chi connectivity index (χ4n) is 3.40. The number of alkyl halides is 9. The van der Waals surface area contributed by atoms with Crippen LogP contribution in [0.2, 0.25) is 0 Å². The summed E-state index contributed by atoms with van der Waals surface area (Å²) in [5.74, 6) is -12.0. The second-order valence-electron chi connectivity index (χ2n) is 8.17. The predicted octanol–water partition coefficient (Wildman–Crippen LogP) is 6.91. The quantitative estimate of drug-likeness (QED) is 0.207. The third kappa shape index (κ3) is 6.24. The first kappa shape index (κ1) is 30.6. The SMILES string of the molecule is CCCCc1ccc2cc([S+]3CCCC3)ccc2c1.O=S(=O)([O-])C(F)(F)C(F)(F)C(F)(F)C(F)(F)F. The maximum atomic E-state index is 12.2. The van der Waals surface area contributed by atoms with Crippen LogP contribution >= 0.6 is 0 Å². The number of benzene rings is 2. The van der Waals surface area contributed by atoms with Gasteiger partial charge in [0.05, 0.1) is 0 Å². The van der Waals surface area contributed by atoms with Crippen LogP contribution in [0.3, 0.4) is 0 Å². The van der Waals surface area contributed by atoms with Gasteiger partial charge in [-0.25, -0.2) is 8.42 Å². The van der Waals surface area contributed by atoms with E-state index in [1.807, 2.05) is 0 Å². The van der Waals surface area contributed by atoms with E-state index in [4.69, 9.17) is 0 Å². The van der Waals surface area contributed by atoms with E-state index in [-0.39, 0.29) is 0 Å². The number of halogens is 9. The molecule has 1 saturated heterocycles. The first-order valence-corrected chi connectivity index (χ1v) is 13.7. The molecule has 0 aromatic heterocycles. The summed E-state index contributed by atoms with van der Waals surface area (Å²) in [4.78, 5) is 1.59.